The number of rotatable bonds is 9. The smallest absolute Gasteiger partial charge is 0.335 e. The van der Waals surface area contributed by atoms with Crippen LogP contribution in [0.3, 0.4) is 0 Å². The summed E-state index contributed by atoms with van der Waals surface area (Å²) < 4.78 is 43.2. The highest BCUT2D eigenvalue weighted by Gasteiger charge is 2.47. The Morgan fingerprint density at radius 3 is 2.16 bits per heavy atom. The van der Waals surface area contributed by atoms with Gasteiger partial charge in [0.05, 0.1) is 24.2 Å². The molecule has 8 heteroatoms. The van der Waals surface area contributed by atoms with Gasteiger partial charge in [0.2, 0.25) is 0 Å². The van der Waals surface area contributed by atoms with Gasteiger partial charge in [0.1, 0.15) is 0 Å². The Morgan fingerprint density at radius 1 is 1.06 bits per heavy atom. The number of methoxy groups -OCH3 is 1. The summed E-state index contributed by atoms with van der Waals surface area (Å²) in [7, 11) is -4.24. The predicted molar refractivity (Wildman–Crippen MR) is 124 cm³/mol. The lowest BCUT2D eigenvalue weighted by Crippen LogP contribution is -2.56. The molecule has 6 nitrogen and oxygen atoms in total. The van der Waals surface area contributed by atoms with E-state index in [0.717, 1.165) is 18.1 Å². The molecule has 1 saturated heterocycles. The fourth-order valence-electron chi connectivity index (χ4n) is 4.24. The van der Waals surface area contributed by atoms with E-state index >= 15 is 0 Å². The average Bonchev–Trinajstić information content (AvgIpc) is 2.79. The topological polar surface area (TPSA) is 78.9 Å². The minimum absolute atomic E-state index is 0.116. The number of ether oxygens (including phenoxy) is 2. The molecule has 0 N–H and O–H groups in total. The maximum absolute atomic E-state index is 12.7. The van der Waals surface area contributed by atoms with Gasteiger partial charge in [-0.15, -0.1) is 0 Å². The van der Waals surface area contributed by atoms with Crippen molar-refractivity contribution in [3.05, 3.63) is 41.8 Å². The molecule has 0 amide bonds. The number of hydrogen-bond donors (Lipinski definition) is 0. The Balaban J connectivity index is 2.37. The fourth-order valence-corrected chi connectivity index (χ4v) is 8.30. The molecule has 0 radical (unpaired) electrons. The van der Waals surface area contributed by atoms with Crippen LogP contribution in [0.15, 0.2) is 46.7 Å². The molecule has 0 aromatic heterocycles. The van der Waals surface area contributed by atoms with Crippen molar-refractivity contribution in [1.82, 2.24) is 0 Å². The highest BCUT2D eigenvalue weighted by Crippen LogP contribution is 2.37. The number of carbonyl (C=O) groups is 1. The van der Waals surface area contributed by atoms with E-state index in [4.69, 9.17) is 13.9 Å². The molecular formula is C23H36O6SSi. The molecule has 174 valence electrons. The van der Waals surface area contributed by atoms with Crippen molar-refractivity contribution in [2.75, 3.05) is 7.11 Å². The summed E-state index contributed by atoms with van der Waals surface area (Å²) >= 11 is 0. The van der Waals surface area contributed by atoms with Crippen LogP contribution in [0.5, 0.6) is 0 Å². The first kappa shape index (κ1) is 25.8. The Morgan fingerprint density at radius 2 is 1.65 bits per heavy atom. The first-order valence-corrected chi connectivity index (χ1v) is 15.1. The maximum atomic E-state index is 12.7. The van der Waals surface area contributed by atoms with Crippen LogP contribution in [0.1, 0.15) is 34.6 Å². The summed E-state index contributed by atoms with van der Waals surface area (Å²) in [6.45, 7) is 10.4. The van der Waals surface area contributed by atoms with E-state index in [1.807, 2.05) is 13.8 Å². The van der Waals surface area contributed by atoms with Crippen LogP contribution in [-0.2, 0) is 28.5 Å². The molecule has 0 bridgehead atoms. The molecule has 0 aliphatic carbocycles. The molecule has 1 aliphatic rings. The van der Waals surface area contributed by atoms with Crippen LogP contribution in [-0.4, -0.2) is 48.1 Å². The van der Waals surface area contributed by atoms with Gasteiger partial charge in [-0.3, -0.25) is 0 Å². The van der Waals surface area contributed by atoms with Gasteiger partial charge in [-0.25, -0.2) is 13.2 Å². The van der Waals surface area contributed by atoms with Crippen LogP contribution in [0.4, 0.5) is 0 Å². The molecule has 0 spiro atoms. The standard InChI is InChI=1S/C23H36O6SSi/c1-7-31(8-2,9-3)29-21-17(4)20(28-22(18(21)5)23(24)27-6)15-16-30(25,26)19-13-11-10-12-14-19/h10-18,20-22H,7-9H2,1-6H3/t17-,18-,20+,21-,22+/m1/s1. The zero-order valence-corrected chi connectivity index (χ0v) is 21.2. The second kappa shape index (κ2) is 10.9. The van der Waals surface area contributed by atoms with Crippen molar-refractivity contribution >= 4 is 24.1 Å². The maximum Gasteiger partial charge on any atom is 0.335 e. The minimum Gasteiger partial charge on any atom is -0.467 e. The van der Waals surface area contributed by atoms with Gasteiger partial charge in [0, 0.05) is 17.2 Å². The second-order valence-corrected chi connectivity index (χ2v) is 14.8. The lowest BCUT2D eigenvalue weighted by Gasteiger charge is -2.46. The number of benzene rings is 1. The predicted octanol–water partition coefficient (Wildman–Crippen LogP) is 4.58. The zero-order chi connectivity index (χ0) is 23.2. The van der Waals surface area contributed by atoms with E-state index in [2.05, 4.69) is 20.8 Å². The molecule has 5 atom stereocenters. The zero-order valence-electron chi connectivity index (χ0n) is 19.4. The fraction of sp³-hybridized carbons (Fsp3) is 0.609. The van der Waals surface area contributed by atoms with Crippen molar-refractivity contribution in [2.45, 2.75) is 76.0 Å². The van der Waals surface area contributed by atoms with Gasteiger partial charge in [-0.2, -0.15) is 0 Å². The van der Waals surface area contributed by atoms with Crippen LogP contribution in [0.25, 0.3) is 0 Å². The molecular weight excluding hydrogens is 432 g/mol. The van der Waals surface area contributed by atoms with Gasteiger partial charge >= 0.3 is 5.97 Å². The molecule has 1 aliphatic heterocycles. The molecule has 1 fully saturated rings. The van der Waals surface area contributed by atoms with E-state index in [-0.39, 0.29) is 22.8 Å². The Labute approximate surface area is 188 Å². The van der Waals surface area contributed by atoms with E-state index in [0.29, 0.717) is 0 Å². The molecule has 0 saturated carbocycles. The third-order valence-electron chi connectivity index (χ3n) is 6.61. The van der Waals surface area contributed by atoms with Gasteiger partial charge in [-0.05, 0) is 36.3 Å². The van der Waals surface area contributed by atoms with Crippen LogP contribution in [0, 0.1) is 11.8 Å². The summed E-state index contributed by atoms with van der Waals surface area (Å²) in [4.78, 5) is 12.7. The Hall–Kier alpha value is -1.48. The van der Waals surface area contributed by atoms with E-state index in [1.54, 1.807) is 30.3 Å². The highest BCUT2D eigenvalue weighted by molar-refractivity contribution is 7.94. The lowest BCUT2D eigenvalue weighted by atomic mass is 9.83. The number of esters is 1. The first-order valence-electron chi connectivity index (χ1n) is 11.0. The summed E-state index contributed by atoms with van der Waals surface area (Å²) in [6, 6.07) is 11.2. The minimum atomic E-state index is -3.62. The molecule has 1 aromatic rings. The van der Waals surface area contributed by atoms with Crippen molar-refractivity contribution in [3.63, 3.8) is 0 Å². The summed E-state index contributed by atoms with van der Waals surface area (Å²) in [5.41, 5.74) is 0. The van der Waals surface area contributed by atoms with E-state index in [1.165, 1.54) is 18.6 Å². The molecule has 0 unspecified atom stereocenters. The first-order chi connectivity index (χ1) is 14.6. The van der Waals surface area contributed by atoms with Crippen molar-refractivity contribution in [3.8, 4) is 0 Å². The molecule has 1 heterocycles. The van der Waals surface area contributed by atoms with Gasteiger partial charge < -0.3 is 13.9 Å². The summed E-state index contributed by atoms with van der Waals surface area (Å²) in [6.07, 6.45) is -0.0739. The number of carbonyl (C=O) groups excluding carboxylic acids is 1. The third kappa shape index (κ3) is 5.86. The lowest BCUT2D eigenvalue weighted by molar-refractivity contribution is -0.183. The number of sulfone groups is 1. The second-order valence-electron chi connectivity index (χ2n) is 8.28. The van der Waals surface area contributed by atoms with E-state index < -0.39 is 36.3 Å². The van der Waals surface area contributed by atoms with E-state index in [9.17, 15) is 13.2 Å². The van der Waals surface area contributed by atoms with Gasteiger partial charge in [-0.1, -0.05) is 52.8 Å². The monoisotopic (exact) mass is 468 g/mol. The van der Waals surface area contributed by atoms with Gasteiger partial charge in [0.25, 0.3) is 0 Å². The van der Waals surface area contributed by atoms with Crippen LogP contribution >= 0.6 is 0 Å². The summed E-state index contributed by atoms with van der Waals surface area (Å²) in [5, 5.41) is 1.18. The van der Waals surface area contributed by atoms with Crippen LogP contribution in [0.2, 0.25) is 18.1 Å². The number of hydrogen-bond acceptors (Lipinski definition) is 6. The molecule has 2 rings (SSSR count). The van der Waals surface area contributed by atoms with Crippen molar-refractivity contribution < 1.29 is 27.1 Å². The quantitative estimate of drug-likeness (QED) is 0.390. The normalized spacial score (nSPS) is 27.4. The molecule has 1 aromatic carbocycles. The van der Waals surface area contributed by atoms with Crippen molar-refractivity contribution in [1.29, 1.82) is 0 Å². The van der Waals surface area contributed by atoms with Crippen LogP contribution < -0.4 is 0 Å². The molecule has 31 heavy (non-hydrogen) atoms. The SMILES string of the molecule is CC[Si](CC)(CC)O[C@H]1[C@@H](C)[C@@H](C(=O)OC)O[C@@H](C=CS(=O)(=O)c2ccccc2)[C@H]1C. The third-order valence-corrected chi connectivity index (χ3v) is 12.7. The van der Waals surface area contributed by atoms with Gasteiger partial charge in [0.15, 0.2) is 24.3 Å². The largest absolute Gasteiger partial charge is 0.467 e. The Kier molecular flexibility index (Phi) is 9.06. The van der Waals surface area contributed by atoms with Crippen molar-refractivity contribution in [2.24, 2.45) is 11.8 Å². The Bertz CT molecular complexity index is 842. The highest BCUT2D eigenvalue weighted by atomic mass is 32.2. The summed E-state index contributed by atoms with van der Waals surface area (Å²) in [5.74, 6) is -0.780. The average molecular weight is 469 g/mol.